The van der Waals surface area contributed by atoms with Crippen molar-refractivity contribution in [3.05, 3.63) is 28.2 Å². The Bertz CT molecular complexity index is 527. The highest BCUT2D eigenvalue weighted by Crippen LogP contribution is 2.21. The molecule has 0 saturated carbocycles. The van der Waals surface area contributed by atoms with E-state index in [1.165, 1.54) is 0 Å². The van der Waals surface area contributed by atoms with Gasteiger partial charge in [0.1, 0.15) is 0 Å². The monoisotopic (exact) mass is 321 g/mol. The molecule has 0 aliphatic carbocycles. The Balaban J connectivity index is 2.79. The fourth-order valence-electron chi connectivity index (χ4n) is 1.18. The van der Waals surface area contributed by atoms with Gasteiger partial charge in [-0.2, -0.15) is 0 Å². The molecule has 5 nitrogen and oxygen atoms in total. The number of hydrogen-bond acceptors (Lipinski definition) is 3. The average molecular weight is 322 g/mol. The van der Waals surface area contributed by atoms with E-state index in [1.54, 1.807) is 25.1 Å². The fourth-order valence-corrected chi connectivity index (χ4v) is 2.77. The minimum Gasteiger partial charge on any atom is -0.481 e. The van der Waals surface area contributed by atoms with Crippen molar-refractivity contribution >= 4 is 37.6 Å². The summed E-state index contributed by atoms with van der Waals surface area (Å²) in [6, 6.07) is 5.11. The number of carbonyl (C=O) groups is 1. The van der Waals surface area contributed by atoms with Gasteiger partial charge in [0, 0.05) is 4.47 Å². The number of nitrogens with one attached hydrogen (secondary N) is 1. The predicted octanol–water partition coefficient (Wildman–Crippen LogP) is 1.97. The average Bonchev–Trinajstić information content (AvgIpc) is 2.20. The van der Waals surface area contributed by atoms with Crippen LogP contribution < -0.4 is 4.72 Å². The summed E-state index contributed by atoms with van der Waals surface area (Å²) in [6.45, 7) is 1.76. The van der Waals surface area contributed by atoms with E-state index in [2.05, 4.69) is 20.7 Å². The molecule has 0 radical (unpaired) electrons. The number of benzene rings is 1. The molecule has 0 aromatic heterocycles. The van der Waals surface area contributed by atoms with Crippen LogP contribution in [0, 0.1) is 6.92 Å². The Labute approximate surface area is 108 Å². The highest BCUT2D eigenvalue weighted by Gasteiger charge is 2.13. The molecule has 0 amide bonds. The van der Waals surface area contributed by atoms with Crippen molar-refractivity contribution in [3.63, 3.8) is 0 Å². The largest absolute Gasteiger partial charge is 0.481 e. The number of anilines is 1. The van der Waals surface area contributed by atoms with Crippen LogP contribution in [0.1, 0.15) is 12.0 Å². The minimum atomic E-state index is -3.61. The van der Waals surface area contributed by atoms with Crippen LogP contribution in [0.2, 0.25) is 0 Å². The summed E-state index contributed by atoms with van der Waals surface area (Å²) in [7, 11) is -3.61. The van der Waals surface area contributed by atoms with Crippen molar-refractivity contribution in [1.29, 1.82) is 0 Å². The first kappa shape index (κ1) is 14.0. The molecule has 2 N–H and O–H groups in total. The molecular weight excluding hydrogens is 310 g/mol. The molecule has 1 aromatic rings. The van der Waals surface area contributed by atoms with Gasteiger partial charge in [0.15, 0.2) is 0 Å². The molecule has 0 atom stereocenters. The van der Waals surface area contributed by atoms with Gasteiger partial charge in [0.05, 0.1) is 17.9 Å². The number of aliphatic carboxylic acids is 1. The molecule has 0 fully saturated rings. The zero-order chi connectivity index (χ0) is 13.1. The molecular formula is C10H12BrNO4S. The highest BCUT2D eigenvalue weighted by atomic mass is 79.9. The van der Waals surface area contributed by atoms with E-state index in [4.69, 9.17) is 5.11 Å². The first-order chi connectivity index (χ1) is 7.80. The topological polar surface area (TPSA) is 83.5 Å². The van der Waals surface area contributed by atoms with Gasteiger partial charge in [-0.1, -0.05) is 15.9 Å². The van der Waals surface area contributed by atoms with Crippen molar-refractivity contribution in [2.24, 2.45) is 0 Å². The Morgan fingerprint density at radius 3 is 2.65 bits per heavy atom. The normalized spacial score (nSPS) is 11.2. The number of carboxylic acid groups (broad SMARTS) is 1. The van der Waals surface area contributed by atoms with Crippen LogP contribution in [0.15, 0.2) is 22.7 Å². The van der Waals surface area contributed by atoms with Crippen LogP contribution in [0.3, 0.4) is 0 Å². The van der Waals surface area contributed by atoms with E-state index in [-0.39, 0.29) is 0 Å². The second kappa shape index (κ2) is 5.50. The maximum atomic E-state index is 11.6. The molecule has 0 aliphatic heterocycles. The maximum Gasteiger partial charge on any atom is 0.304 e. The lowest BCUT2D eigenvalue weighted by Gasteiger charge is -2.09. The molecule has 0 bridgehead atoms. The summed E-state index contributed by atoms with van der Waals surface area (Å²) in [5, 5.41) is 8.44. The molecule has 7 heteroatoms. The summed E-state index contributed by atoms with van der Waals surface area (Å²) in [5.41, 5.74) is 1.22. The van der Waals surface area contributed by atoms with Crippen molar-refractivity contribution < 1.29 is 18.3 Å². The third kappa shape index (κ3) is 4.74. The minimum absolute atomic E-state index is 0.412. The summed E-state index contributed by atoms with van der Waals surface area (Å²) in [6.07, 6.45) is -0.412. The standard InChI is InChI=1S/C10H12BrNO4S/c1-7-6-8(11)2-3-9(7)12-17(15,16)5-4-10(13)14/h2-3,6,12H,4-5H2,1H3,(H,13,14). The quantitative estimate of drug-likeness (QED) is 0.868. The van der Waals surface area contributed by atoms with Crippen molar-refractivity contribution in [3.8, 4) is 0 Å². The van der Waals surface area contributed by atoms with E-state index in [0.29, 0.717) is 5.69 Å². The van der Waals surface area contributed by atoms with E-state index < -0.39 is 28.2 Å². The van der Waals surface area contributed by atoms with Crippen LogP contribution in [0.25, 0.3) is 0 Å². The number of aryl methyl sites for hydroxylation is 1. The zero-order valence-corrected chi connectivity index (χ0v) is 11.5. The summed E-state index contributed by atoms with van der Waals surface area (Å²) in [5.74, 6) is -1.57. The Kier molecular flexibility index (Phi) is 4.53. The number of sulfonamides is 1. The van der Waals surface area contributed by atoms with Gasteiger partial charge < -0.3 is 5.11 Å². The van der Waals surface area contributed by atoms with Crippen LogP contribution in [-0.2, 0) is 14.8 Å². The van der Waals surface area contributed by atoms with Crippen molar-refractivity contribution in [2.45, 2.75) is 13.3 Å². The molecule has 94 valence electrons. The number of rotatable bonds is 5. The first-order valence-corrected chi connectivity index (χ1v) is 7.23. The summed E-state index contributed by atoms with van der Waals surface area (Å²) in [4.78, 5) is 10.3. The smallest absolute Gasteiger partial charge is 0.304 e. The van der Waals surface area contributed by atoms with Crippen LogP contribution >= 0.6 is 15.9 Å². The SMILES string of the molecule is Cc1cc(Br)ccc1NS(=O)(=O)CCC(=O)O. The lowest BCUT2D eigenvalue weighted by Crippen LogP contribution is -2.19. The van der Waals surface area contributed by atoms with Gasteiger partial charge in [0.2, 0.25) is 10.0 Å². The number of carboxylic acids is 1. The molecule has 1 rings (SSSR count). The summed E-state index contributed by atoms with van der Waals surface area (Å²) >= 11 is 3.27. The third-order valence-corrected chi connectivity index (χ3v) is 3.80. The van der Waals surface area contributed by atoms with E-state index in [1.807, 2.05) is 0 Å². The van der Waals surface area contributed by atoms with Crippen LogP contribution in [0.5, 0.6) is 0 Å². The van der Waals surface area contributed by atoms with Crippen LogP contribution in [0.4, 0.5) is 5.69 Å². The molecule has 1 aromatic carbocycles. The second-order valence-electron chi connectivity index (χ2n) is 3.52. The predicted molar refractivity (Wildman–Crippen MR) is 68.5 cm³/mol. The third-order valence-electron chi connectivity index (χ3n) is 2.04. The lowest BCUT2D eigenvalue weighted by atomic mass is 10.2. The van der Waals surface area contributed by atoms with Crippen molar-refractivity contribution in [1.82, 2.24) is 0 Å². The number of halogens is 1. The fraction of sp³-hybridized carbons (Fsp3) is 0.300. The maximum absolute atomic E-state index is 11.6. The second-order valence-corrected chi connectivity index (χ2v) is 6.28. The van der Waals surface area contributed by atoms with Gasteiger partial charge in [-0.3, -0.25) is 9.52 Å². The zero-order valence-electron chi connectivity index (χ0n) is 9.10. The van der Waals surface area contributed by atoms with E-state index >= 15 is 0 Å². The van der Waals surface area contributed by atoms with Gasteiger partial charge >= 0.3 is 5.97 Å². The van der Waals surface area contributed by atoms with Gasteiger partial charge in [-0.05, 0) is 30.7 Å². The van der Waals surface area contributed by atoms with Crippen LogP contribution in [-0.4, -0.2) is 25.2 Å². The lowest BCUT2D eigenvalue weighted by molar-refractivity contribution is -0.136. The molecule has 17 heavy (non-hydrogen) atoms. The molecule has 0 spiro atoms. The van der Waals surface area contributed by atoms with Crippen molar-refractivity contribution in [2.75, 3.05) is 10.5 Å². The van der Waals surface area contributed by atoms with Gasteiger partial charge in [-0.15, -0.1) is 0 Å². The number of hydrogen-bond donors (Lipinski definition) is 2. The Morgan fingerprint density at radius 2 is 2.12 bits per heavy atom. The Hall–Kier alpha value is -1.08. The molecule has 0 aliphatic rings. The molecule has 0 saturated heterocycles. The van der Waals surface area contributed by atoms with Gasteiger partial charge in [-0.25, -0.2) is 8.42 Å². The van der Waals surface area contributed by atoms with E-state index in [0.717, 1.165) is 10.0 Å². The molecule has 0 heterocycles. The summed E-state index contributed by atoms with van der Waals surface area (Å²) < 4.78 is 26.3. The first-order valence-electron chi connectivity index (χ1n) is 4.78. The Morgan fingerprint density at radius 1 is 1.47 bits per heavy atom. The van der Waals surface area contributed by atoms with Gasteiger partial charge in [0.25, 0.3) is 0 Å². The highest BCUT2D eigenvalue weighted by molar-refractivity contribution is 9.10. The van der Waals surface area contributed by atoms with E-state index in [9.17, 15) is 13.2 Å². The molecule has 0 unspecified atom stereocenters.